The summed E-state index contributed by atoms with van der Waals surface area (Å²) in [7, 11) is 0. The maximum atomic E-state index is 11.6. The van der Waals surface area contributed by atoms with Gasteiger partial charge in [0.15, 0.2) is 0 Å². The van der Waals surface area contributed by atoms with Crippen molar-refractivity contribution in [2.45, 2.75) is 18.7 Å². The van der Waals surface area contributed by atoms with Crippen LogP contribution in [0.4, 0.5) is 13.2 Å². The summed E-state index contributed by atoms with van der Waals surface area (Å²) < 4.78 is 53.6. The molecule has 0 saturated carbocycles. The average molecular weight is 190 g/mol. The molecule has 0 spiro atoms. The number of alkyl halides is 3. The van der Waals surface area contributed by atoms with E-state index in [9.17, 15) is 17.4 Å². The summed E-state index contributed by atoms with van der Waals surface area (Å²) in [6, 6.07) is 0. The van der Waals surface area contributed by atoms with Crippen LogP contribution in [-0.2, 0) is 19.7 Å². The van der Waals surface area contributed by atoms with Crippen molar-refractivity contribution in [1.29, 1.82) is 0 Å². The highest BCUT2D eigenvalue weighted by Gasteiger charge is 2.36. The van der Waals surface area contributed by atoms with Crippen LogP contribution in [0.2, 0.25) is 0 Å². The predicted octanol–water partition coefficient (Wildman–Crippen LogP) is 0.933. The molecule has 1 aliphatic rings. The molecule has 0 amide bonds. The first-order chi connectivity index (χ1) is 4.97. The van der Waals surface area contributed by atoms with Gasteiger partial charge in [-0.05, 0) is 0 Å². The van der Waals surface area contributed by atoms with Crippen LogP contribution in [0, 0.1) is 0 Å². The van der Waals surface area contributed by atoms with Gasteiger partial charge in [-0.25, -0.2) is 0 Å². The first kappa shape index (κ1) is 8.95. The van der Waals surface area contributed by atoms with Gasteiger partial charge in [0.05, 0.1) is 13.0 Å². The third kappa shape index (κ3) is 3.17. The number of hydrogen-bond acceptors (Lipinski definition) is 3. The average Bonchev–Trinajstić information content (AvgIpc) is 2.10. The zero-order valence-corrected chi connectivity index (χ0v) is 6.07. The fourth-order valence-corrected chi connectivity index (χ4v) is 1.31. The van der Waals surface area contributed by atoms with Gasteiger partial charge in [0.2, 0.25) is 0 Å². The van der Waals surface area contributed by atoms with Gasteiger partial charge < -0.3 is 0 Å². The lowest BCUT2D eigenvalue weighted by atomic mass is 10.3. The molecular weight excluding hydrogens is 185 g/mol. The minimum atomic E-state index is -4.29. The molecule has 1 saturated heterocycles. The Morgan fingerprint density at radius 3 is 2.55 bits per heavy atom. The van der Waals surface area contributed by atoms with E-state index in [2.05, 4.69) is 8.37 Å². The molecule has 2 unspecified atom stereocenters. The molecule has 11 heavy (non-hydrogen) atoms. The molecule has 2 atom stereocenters. The summed E-state index contributed by atoms with van der Waals surface area (Å²) >= 11 is -1.99. The first-order valence-corrected chi connectivity index (χ1v) is 3.76. The van der Waals surface area contributed by atoms with E-state index in [0.29, 0.717) is 0 Å². The van der Waals surface area contributed by atoms with E-state index in [0.717, 1.165) is 0 Å². The largest absolute Gasteiger partial charge is 0.391 e. The minimum Gasteiger partial charge on any atom is -0.266 e. The van der Waals surface area contributed by atoms with Gasteiger partial charge in [-0.15, -0.1) is 0 Å². The summed E-state index contributed by atoms with van der Waals surface area (Å²) in [6.45, 7) is -0.258. The molecule has 66 valence electrons. The maximum Gasteiger partial charge on any atom is 0.391 e. The van der Waals surface area contributed by atoms with E-state index in [-0.39, 0.29) is 6.61 Å². The SMILES string of the molecule is O=S1OCC(CC(F)(F)F)O1. The molecular formula is C4H5F3O3S. The first-order valence-electron chi connectivity index (χ1n) is 2.76. The Morgan fingerprint density at radius 2 is 2.18 bits per heavy atom. The lowest BCUT2D eigenvalue weighted by Crippen LogP contribution is -2.20. The maximum absolute atomic E-state index is 11.6. The monoisotopic (exact) mass is 190 g/mol. The van der Waals surface area contributed by atoms with Gasteiger partial charge in [0.25, 0.3) is 0 Å². The third-order valence-corrected chi connectivity index (χ3v) is 1.78. The second-order valence-electron chi connectivity index (χ2n) is 2.03. The molecule has 0 aromatic carbocycles. The Kier molecular flexibility index (Phi) is 2.50. The highest BCUT2D eigenvalue weighted by molar-refractivity contribution is 7.75. The third-order valence-electron chi connectivity index (χ3n) is 1.02. The van der Waals surface area contributed by atoms with E-state index in [1.807, 2.05) is 0 Å². The summed E-state index contributed by atoms with van der Waals surface area (Å²) in [5.74, 6) is 0. The van der Waals surface area contributed by atoms with Crippen molar-refractivity contribution in [2.75, 3.05) is 6.61 Å². The fraction of sp³-hybridized carbons (Fsp3) is 1.00. The Labute approximate surface area is 63.3 Å². The van der Waals surface area contributed by atoms with Crippen LogP contribution in [0.25, 0.3) is 0 Å². The Bertz CT molecular complexity index is 168. The van der Waals surface area contributed by atoms with Crippen LogP contribution >= 0.6 is 0 Å². The van der Waals surface area contributed by atoms with Crippen molar-refractivity contribution in [3.05, 3.63) is 0 Å². The molecule has 0 radical (unpaired) electrons. The number of halogens is 3. The van der Waals surface area contributed by atoms with Crippen molar-refractivity contribution in [2.24, 2.45) is 0 Å². The molecule has 0 bridgehead atoms. The normalized spacial score (nSPS) is 32.6. The van der Waals surface area contributed by atoms with Crippen LogP contribution in [0.15, 0.2) is 0 Å². The predicted molar refractivity (Wildman–Crippen MR) is 29.6 cm³/mol. The molecule has 0 aromatic heterocycles. The quantitative estimate of drug-likeness (QED) is 0.617. The van der Waals surface area contributed by atoms with E-state index in [1.54, 1.807) is 0 Å². The lowest BCUT2D eigenvalue weighted by Gasteiger charge is -2.08. The van der Waals surface area contributed by atoms with Gasteiger partial charge >= 0.3 is 17.5 Å². The van der Waals surface area contributed by atoms with Gasteiger partial charge in [0.1, 0.15) is 6.10 Å². The molecule has 7 heteroatoms. The van der Waals surface area contributed by atoms with Crippen LogP contribution in [-0.4, -0.2) is 23.1 Å². The molecule has 1 fully saturated rings. The van der Waals surface area contributed by atoms with Crippen molar-refractivity contribution in [3.63, 3.8) is 0 Å². The van der Waals surface area contributed by atoms with Crippen LogP contribution in [0.1, 0.15) is 6.42 Å². The van der Waals surface area contributed by atoms with E-state index in [4.69, 9.17) is 0 Å². The Hall–Kier alpha value is -0.140. The van der Waals surface area contributed by atoms with E-state index < -0.39 is 30.1 Å². The van der Waals surface area contributed by atoms with E-state index in [1.165, 1.54) is 0 Å². The molecule has 0 aliphatic carbocycles. The van der Waals surface area contributed by atoms with Gasteiger partial charge in [-0.2, -0.15) is 17.4 Å². The van der Waals surface area contributed by atoms with E-state index >= 15 is 0 Å². The van der Waals surface area contributed by atoms with Crippen molar-refractivity contribution >= 4 is 11.4 Å². The molecule has 0 N–H and O–H groups in total. The topological polar surface area (TPSA) is 35.5 Å². The molecule has 1 aliphatic heterocycles. The molecule has 1 heterocycles. The molecule has 1 rings (SSSR count). The molecule has 3 nitrogen and oxygen atoms in total. The number of hydrogen-bond donors (Lipinski definition) is 0. The van der Waals surface area contributed by atoms with Gasteiger partial charge in [0, 0.05) is 0 Å². The number of rotatable bonds is 1. The van der Waals surface area contributed by atoms with Crippen LogP contribution in [0.3, 0.4) is 0 Å². The standard InChI is InChI=1S/C4H5F3O3S/c5-4(6,7)1-3-2-9-11(8)10-3/h3H,1-2H2. The summed E-state index contributed by atoms with van der Waals surface area (Å²) in [5.41, 5.74) is 0. The zero-order chi connectivity index (χ0) is 8.48. The lowest BCUT2D eigenvalue weighted by molar-refractivity contribution is -0.148. The van der Waals surface area contributed by atoms with Crippen LogP contribution in [0.5, 0.6) is 0 Å². The smallest absolute Gasteiger partial charge is 0.266 e. The second-order valence-corrected chi connectivity index (χ2v) is 2.86. The fourth-order valence-electron chi connectivity index (χ4n) is 0.649. The van der Waals surface area contributed by atoms with Crippen molar-refractivity contribution < 1.29 is 25.7 Å². The minimum absolute atomic E-state index is 0.258. The van der Waals surface area contributed by atoms with Crippen molar-refractivity contribution in [1.82, 2.24) is 0 Å². The summed E-state index contributed by atoms with van der Waals surface area (Å²) in [6.07, 6.45) is -6.52. The zero-order valence-electron chi connectivity index (χ0n) is 5.26. The van der Waals surface area contributed by atoms with Gasteiger partial charge in [-0.1, -0.05) is 0 Å². The second kappa shape index (κ2) is 3.08. The highest BCUT2D eigenvalue weighted by atomic mass is 32.2. The van der Waals surface area contributed by atoms with Gasteiger partial charge in [-0.3, -0.25) is 8.37 Å². The molecule has 0 aromatic rings. The Balaban J connectivity index is 2.34. The summed E-state index contributed by atoms with van der Waals surface area (Å²) in [4.78, 5) is 0. The highest BCUT2D eigenvalue weighted by Crippen LogP contribution is 2.25. The van der Waals surface area contributed by atoms with Crippen molar-refractivity contribution in [3.8, 4) is 0 Å². The summed E-state index contributed by atoms with van der Waals surface area (Å²) in [5, 5.41) is 0. The Morgan fingerprint density at radius 1 is 1.55 bits per heavy atom. The van der Waals surface area contributed by atoms with Crippen LogP contribution < -0.4 is 0 Å².